The van der Waals surface area contributed by atoms with Gasteiger partial charge >= 0.3 is 18.2 Å². The van der Waals surface area contributed by atoms with Crippen molar-refractivity contribution >= 4 is 46.1 Å². The highest BCUT2D eigenvalue weighted by Gasteiger charge is 2.30. The van der Waals surface area contributed by atoms with E-state index in [0.717, 1.165) is 29.8 Å². The van der Waals surface area contributed by atoms with Crippen molar-refractivity contribution in [3.05, 3.63) is 59.5 Å². The van der Waals surface area contributed by atoms with E-state index in [0.29, 0.717) is 17.6 Å². The number of hydrogen-bond acceptors (Lipinski definition) is 6. The number of aromatic amines is 2. The van der Waals surface area contributed by atoms with Gasteiger partial charge in [0.2, 0.25) is 5.91 Å². The number of fused-ring (bicyclic) bond motifs is 1. The Morgan fingerprint density at radius 3 is 2.41 bits per heavy atom. The number of H-pyrrole nitrogens is 2. The lowest BCUT2D eigenvalue weighted by molar-refractivity contribution is -0.137. The first-order chi connectivity index (χ1) is 17.6. The number of amides is 3. The number of aromatic nitrogens is 5. The molecule has 0 atom stereocenters. The number of benzene rings is 2. The fraction of sp³-hybridized carbons (Fsp3) is 0.182. The summed E-state index contributed by atoms with van der Waals surface area (Å²) in [7, 11) is 0. The number of halogens is 3. The molecule has 192 valence electrons. The molecule has 0 fully saturated rings. The summed E-state index contributed by atoms with van der Waals surface area (Å²) in [6.07, 6.45) is -3.88. The molecule has 0 spiro atoms. The van der Waals surface area contributed by atoms with E-state index in [1.54, 1.807) is 18.2 Å². The van der Waals surface area contributed by atoms with Crippen LogP contribution in [-0.4, -0.2) is 48.4 Å². The molecular weight excluding hydrogens is 497 g/mol. The monoisotopic (exact) mass is 516 g/mol. The van der Waals surface area contributed by atoms with Crippen molar-refractivity contribution in [1.82, 2.24) is 25.4 Å². The molecule has 3 amide bonds. The van der Waals surface area contributed by atoms with E-state index in [-0.39, 0.29) is 36.1 Å². The number of aryl methyl sites for hydroxylation is 1. The lowest BCUT2D eigenvalue weighted by atomic mass is 10.2. The third kappa shape index (κ3) is 6.39. The predicted molar refractivity (Wildman–Crippen MR) is 125 cm³/mol. The van der Waals surface area contributed by atoms with E-state index in [1.807, 2.05) is 0 Å². The molecule has 0 radical (unpaired) electrons. The summed E-state index contributed by atoms with van der Waals surface area (Å²) < 4.78 is 38.0. The molecular formula is C22H19F3N8O4. The third-order valence-electron chi connectivity index (χ3n) is 5.09. The zero-order valence-electron chi connectivity index (χ0n) is 18.8. The van der Waals surface area contributed by atoms with Gasteiger partial charge in [-0.05, 0) is 48.9 Å². The molecule has 2 aromatic carbocycles. The summed E-state index contributed by atoms with van der Waals surface area (Å²) >= 11 is 0. The Hall–Kier alpha value is -4.95. The molecule has 12 nitrogen and oxygen atoms in total. The van der Waals surface area contributed by atoms with Gasteiger partial charge in [-0.15, -0.1) is 5.10 Å². The first kappa shape index (κ1) is 25.2. The minimum atomic E-state index is -4.52. The van der Waals surface area contributed by atoms with Gasteiger partial charge in [0.05, 0.1) is 11.1 Å². The Bertz CT molecular complexity index is 1450. The molecule has 2 heterocycles. The van der Waals surface area contributed by atoms with Crippen LogP contribution in [0.3, 0.4) is 0 Å². The van der Waals surface area contributed by atoms with Gasteiger partial charge in [-0.3, -0.25) is 15.2 Å². The van der Waals surface area contributed by atoms with Gasteiger partial charge in [-0.1, -0.05) is 5.21 Å². The van der Waals surface area contributed by atoms with Crippen molar-refractivity contribution in [1.29, 1.82) is 0 Å². The van der Waals surface area contributed by atoms with Crippen molar-refractivity contribution in [2.24, 2.45) is 0 Å². The minimum absolute atomic E-state index is 0.0656. The Labute approximate surface area is 205 Å². The van der Waals surface area contributed by atoms with Crippen LogP contribution in [0.25, 0.3) is 11.0 Å². The Morgan fingerprint density at radius 1 is 0.973 bits per heavy atom. The average Bonchev–Trinajstić information content (AvgIpc) is 3.45. The first-order valence-corrected chi connectivity index (χ1v) is 10.8. The van der Waals surface area contributed by atoms with E-state index in [1.165, 1.54) is 0 Å². The number of aromatic carboxylic acids is 1. The van der Waals surface area contributed by atoms with Gasteiger partial charge in [-0.25, -0.2) is 14.6 Å². The topological polar surface area (TPSA) is 178 Å². The number of rotatable bonds is 8. The van der Waals surface area contributed by atoms with E-state index < -0.39 is 29.4 Å². The van der Waals surface area contributed by atoms with E-state index in [4.69, 9.17) is 0 Å². The molecule has 4 rings (SSSR count). The molecule has 0 bridgehead atoms. The maximum absolute atomic E-state index is 12.7. The van der Waals surface area contributed by atoms with Crippen molar-refractivity contribution < 1.29 is 32.7 Å². The Balaban J connectivity index is 1.31. The lowest BCUT2D eigenvalue weighted by Gasteiger charge is -2.09. The molecule has 4 aromatic rings. The number of anilines is 3. The van der Waals surface area contributed by atoms with Crippen molar-refractivity contribution in [3.8, 4) is 0 Å². The second-order valence-corrected chi connectivity index (χ2v) is 7.81. The number of hydrogen-bond donors (Lipinski definition) is 6. The second kappa shape index (κ2) is 10.3. The van der Waals surface area contributed by atoms with Crippen LogP contribution in [0.1, 0.15) is 34.7 Å². The van der Waals surface area contributed by atoms with E-state index in [9.17, 15) is 32.7 Å². The number of carbonyl (C=O) groups is 3. The Kier molecular flexibility index (Phi) is 7.04. The fourth-order valence-electron chi connectivity index (χ4n) is 3.36. The zero-order valence-corrected chi connectivity index (χ0v) is 18.8. The summed E-state index contributed by atoms with van der Waals surface area (Å²) in [4.78, 5) is 42.6. The minimum Gasteiger partial charge on any atom is -0.476 e. The SMILES string of the molecule is O=C(CCCc1nc(C(=O)O)c(NC(=O)Nc2ccc(C(F)(F)F)cc2)[nH]1)Nc1ccc2[nH]nnc2c1. The number of imidazole rings is 1. The number of nitrogens with one attached hydrogen (secondary N) is 5. The highest BCUT2D eigenvalue weighted by atomic mass is 19.4. The highest BCUT2D eigenvalue weighted by molar-refractivity contribution is 6.03. The van der Waals surface area contributed by atoms with Crippen LogP contribution < -0.4 is 16.0 Å². The number of carboxylic acid groups (broad SMARTS) is 1. The van der Waals surface area contributed by atoms with Gasteiger partial charge < -0.3 is 20.7 Å². The smallest absolute Gasteiger partial charge is 0.416 e. The summed E-state index contributed by atoms with van der Waals surface area (Å²) in [6.45, 7) is 0. The molecule has 0 aliphatic rings. The molecule has 0 aliphatic carbocycles. The number of urea groups is 1. The Morgan fingerprint density at radius 2 is 1.70 bits per heavy atom. The molecule has 0 saturated carbocycles. The number of alkyl halides is 3. The van der Waals surface area contributed by atoms with Gasteiger partial charge in [0, 0.05) is 24.2 Å². The highest BCUT2D eigenvalue weighted by Crippen LogP contribution is 2.29. The largest absolute Gasteiger partial charge is 0.476 e. The molecule has 0 saturated heterocycles. The maximum Gasteiger partial charge on any atom is 0.416 e. The lowest BCUT2D eigenvalue weighted by Crippen LogP contribution is -2.21. The molecule has 0 unspecified atom stereocenters. The quantitative estimate of drug-likeness (QED) is 0.205. The average molecular weight is 516 g/mol. The van der Waals surface area contributed by atoms with Gasteiger partial charge in [-0.2, -0.15) is 13.2 Å². The van der Waals surface area contributed by atoms with E-state index in [2.05, 4.69) is 41.3 Å². The normalized spacial score (nSPS) is 11.3. The van der Waals surface area contributed by atoms with Crippen molar-refractivity contribution in [2.75, 3.05) is 16.0 Å². The fourth-order valence-corrected chi connectivity index (χ4v) is 3.36. The third-order valence-corrected chi connectivity index (χ3v) is 5.09. The van der Waals surface area contributed by atoms with Crippen LogP contribution in [0.4, 0.5) is 35.2 Å². The van der Waals surface area contributed by atoms with Crippen LogP contribution in [0, 0.1) is 0 Å². The molecule has 6 N–H and O–H groups in total. The maximum atomic E-state index is 12.7. The summed E-state index contributed by atoms with van der Waals surface area (Å²) in [5.74, 6) is -1.67. The first-order valence-electron chi connectivity index (χ1n) is 10.8. The molecule has 2 aromatic heterocycles. The van der Waals surface area contributed by atoms with Crippen LogP contribution >= 0.6 is 0 Å². The number of nitrogens with zero attached hydrogens (tertiary/aromatic N) is 3. The van der Waals surface area contributed by atoms with Crippen LogP contribution in [0.15, 0.2) is 42.5 Å². The number of carbonyl (C=O) groups excluding carboxylic acids is 2. The number of carboxylic acids is 1. The molecule has 37 heavy (non-hydrogen) atoms. The predicted octanol–water partition coefficient (Wildman–Crippen LogP) is 4.00. The molecule has 0 aliphatic heterocycles. The van der Waals surface area contributed by atoms with Crippen LogP contribution in [0.2, 0.25) is 0 Å². The van der Waals surface area contributed by atoms with E-state index >= 15 is 0 Å². The van der Waals surface area contributed by atoms with Crippen LogP contribution in [-0.2, 0) is 17.4 Å². The van der Waals surface area contributed by atoms with Crippen molar-refractivity contribution in [3.63, 3.8) is 0 Å². The summed E-state index contributed by atoms with van der Waals surface area (Å²) in [5.41, 5.74) is 0.593. The standard InChI is InChI=1S/C22H19F3N8O4/c23-22(24,25)11-4-6-12(7-5-11)27-21(37)30-19-18(20(35)36)28-16(29-19)2-1-3-17(34)26-13-8-9-14-15(10-13)32-33-31-14/h4-10H,1-3H2,(H,26,34)(H,28,29)(H,35,36)(H2,27,30,37)(H,31,32,33). The zero-order chi connectivity index (χ0) is 26.6. The van der Waals surface area contributed by atoms with Gasteiger partial charge in [0.25, 0.3) is 0 Å². The van der Waals surface area contributed by atoms with Crippen LogP contribution in [0.5, 0.6) is 0 Å². The summed E-state index contributed by atoms with van der Waals surface area (Å²) in [5, 5.41) is 27.0. The van der Waals surface area contributed by atoms with Gasteiger partial charge in [0.15, 0.2) is 5.69 Å². The molecule has 15 heteroatoms. The van der Waals surface area contributed by atoms with Crippen molar-refractivity contribution in [2.45, 2.75) is 25.4 Å². The summed E-state index contributed by atoms with van der Waals surface area (Å²) in [6, 6.07) is 7.92. The second-order valence-electron chi connectivity index (χ2n) is 7.81. The van der Waals surface area contributed by atoms with Gasteiger partial charge in [0.1, 0.15) is 17.2 Å².